The summed E-state index contributed by atoms with van der Waals surface area (Å²) in [7, 11) is 0. The SMILES string of the molecule is Cc1c(Cc2ccc(C(F)(F)F)nc2)c[nH]c1C(=O)NC(C)c1cc(C(N)=O)n[nH]1. The Bertz CT molecular complexity index is 1070. The van der Waals surface area contributed by atoms with Gasteiger partial charge in [-0.3, -0.25) is 19.7 Å². The van der Waals surface area contributed by atoms with Crippen LogP contribution in [0.4, 0.5) is 13.2 Å². The Balaban J connectivity index is 1.69. The number of nitrogens with two attached hydrogens (primary N) is 1. The molecule has 0 aliphatic carbocycles. The molecular weight excluding hydrogens is 401 g/mol. The second-order valence-electron chi connectivity index (χ2n) is 6.81. The van der Waals surface area contributed by atoms with Gasteiger partial charge >= 0.3 is 6.18 Å². The van der Waals surface area contributed by atoms with Crippen LogP contribution in [0, 0.1) is 6.92 Å². The normalized spacial score (nSPS) is 12.6. The molecule has 0 fully saturated rings. The number of nitrogens with zero attached hydrogens (tertiary/aromatic N) is 2. The van der Waals surface area contributed by atoms with Crippen molar-refractivity contribution in [2.45, 2.75) is 32.5 Å². The van der Waals surface area contributed by atoms with Crippen molar-refractivity contribution < 1.29 is 22.8 Å². The minimum Gasteiger partial charge on any atom is -0.364 e. The monoisotopic (exact) mass is 420 g/mol. The lowest BCUT2D eigenvalue weighted by molar-refractivity contribution is -0.141. The number of hydrogen-bond donors (Lipinski definition) is 4. The molecule has 3 aromatic rings. The number of rotatable bonds is 6. The largest absolute Gasteiger partial charge is 0.433 e. The van der Waals surface area contributed by atoms with Crippen molar-refractivity contribution in [3.05, 3.63) is 70.1 Å². The van der Waals surface area contributed by atoms with Gasteiger partial charge in [-0.15, -0.1) is 0 Å². The highest BCUT2D eigenvalue weighted by molar-refractivity contribution is 5.94. The number of alkyl halides is 3. The zero-order valence-corrected chi connectivity index (χ0v) is 16.1. The van der Waals surface area contributed by atoms with E-state index in [1.807, 2.05) is 0 Å². The average Bonchev–Trinajstić information content (AvgIpc) is 3.29. The maximum atomic E-state index is 12.6. The molecule has 30 heavy (non-hydrogen) atoms. The van der Waals surface area contributed by atoms with E-state index in [1.54, 1.807) is 20.0 Å². The van der Waals surface area contributed by atoms with Crippen LogP contribution in [0.25, 0.3) is 0 Å². The van der Waals surface area contributed by atoms with E-state index in [-0.39, 0.29) is 11.6 Å². The molecule has 158 valence electrons. The molecule has 0 aromatic carbocycles. The second kappa shape index (κ2) is 8.01. The number of carbonyl (C=O) groups is 2. The van der Waals surface area contributed by atoms with Gasteiger partial charge in [0.15, 0.2) is 0 Å². The van der Waals surface area contributed by atoms with Gasteiger partial charge in [-0.2, -0.15) is 18.3 Å². The Hall–Kier alpha value is -3.63. The molecule has 0 aliphatic rings. The van der Waals surface area contributed by atoms with Crippen LogP contribution in [-0.2, 0) is 12.6 Å². The van der Waals surface area contributed by atoms with Crippen LogP contribution < -0.4 is 11.1 Å². The highest BCUT2D eigenvalue weighted by Gasteiger charge is 2.32. The number of halogens is 3. The molecule has 0 saturated carbocycles. The number of hydrogen-bond acceptors (Lipinski definition) is 4. The van der Waals surface area contributed by atoms with E-state index in [4.69, 9.17) is 5.73 Å². The van der Waals surface area contributed by atoms with E-state index >= 15 is 0 Å². The van der Waals surface area contributed by atoms with E-state index in [9.17, 15) is 22.8 Å². The summed E-state index contributed by atoms with van der Waals surface area (Å²) in [6.07, 6.45) is -1.37. The maximum absolute atomic E-state index is 12.6. The second-order valence-corrected chi connectivity index (χ2v) is 6.81. The lowest BCUT2D eigenvalue weighted by Crippen LogP contribution is -2.27. The number of amides is 2. The van der Waals surface area contributed by atoms with Gasteiger partial charge in [-0.05, 0) is 42.7 Å². The predicted octanol–water partition coefficient (Wildman–Crippen LogP) is 2.64. The van der Waals surface area contributed by atoms with Gasteiger partial charge in [0.25, 0.3) is 11.8 Å². The molecule has 11 heteroatoms. The van der Waals surface area contributed by atoms with Gasteiger partial charge in [0.1, 0.15) is 17.1 Å². The maximum Gasteiger partial charge on any atom is 0.433 e. The topological polar surface area (TPSA) is 130 Å². The average molecular weight is 420 g/mol. The number of H-pyrrole nitrogens is 2. The fraction of sp³-hybridized carbons (Fsp3) is 0.263. The molecule has 0 radical (unpaired) electrons. The van der Waals surface area contributed by atoms with Crippen molar-refractivity contribution in [1.29, 1.82) is 0 Å². The lowest BCUT2D eigenvalue weighted by atomic mass is 10.0. The van der Waals surface area contributed by atoms with E-state index < -0.39 is 23.8 Å². The lowest BCUT2D eigenvalue weighted by Gasteiger charge is -2.12. The van der Waals surface area contributed by atoms with Crippen LogP contribution in [-0.4, -0.2) is 32.0 Å². The zero-order valence-electron chi connectivity index (χ0n) is 16.1. The summed E-state index contributed by atoms with van der Waals surface area (Å²) in [5, 5.41) is 9.20. The molecule has 0 aliphatic heterocycles. The number of aromatic amines is 2. The van der Waals surface area contributed by atoms with E-state index in [0.29, 0.717) is 28.9 Å². The van der Waals surface area contributed by atoms with Crippen LogP contribution >= 0.6 is 0 Å². The molecule has 3 aromatic heterocycles. The zero-order chi connectivity index (χ0) is 22.1. The van der Waals surface area contributed by atoms with Crippen LogP contribution in [0.15, 0.2) is 30.6 Å². The summed E-state index contributed by atoms with van der Waals surface area (Å²) in [5.74, 6) is -1.06. The Morgan fingerprint density at radius 2 is 2.03 bits per heavy atom. The van der Waals surface area contributed by atoms with Crippen molar-refractivity contribution in [2.75, 3.05) is 0 Å². The number of carbonyl (C=O) groups excluding carboxylic acids is 2. The third-order valence-corrected chi connectivity index (χ3v) is 4.65. The Morgan fingerprint density at radius 3 is 2.60 bits per heavy atom. The number of nitrogens with one attached hydrogen (secondary N) is 3. The molecular formula is C19H19F3N6O2. The first-order valence-electron chi connectivity index (χ1n) is 8.91. The quantitative estimate of drug-likeness (QED) is 0.488. The molecule has 8 nitrogen and oxygen atoms in total. The van der Waals surface area contributed by atoms with E-state index in [2.05, 4.69) is 25.5 Å². The smallest absolute Gasteiger partial charge is 0.364 e. The van der Waals surface area contributed by atoms with Crippen molar-refractivity contribution in [3.63, 3.8) is 0 Å². The summed E-state index contributed by atoms with van der Waals surface area (Å²) >= 11 is 0. The fourth-order valence-electron chi connectivity index (χ4n) is 2.90. The first kappa shape index (κ1) is 21.1. The molecule has 5 N–H and O–H groups in total. The molecule has 0 saturated heterocycles. The first-order chi connectivity index (χ1) is 14.1. The minimum absolute atomic E-state index is 0.0644. The van der Waals surface area contributed by atoms with Crippen molar-refractivity contribution in [1.82, 2.24) is 25.5 Å². The fourth-order valence-corrected chi connectivity index (χ4v) is 2.90. The Kier molecular flexibility index (Phi) is 5.63. The number of primary amides is 1. The van der Waals surface area contributed by atoms with Crippen LogP contribution in [0.5, 0.6) is 0 Å². The van der Waals surface area contributed by atoms with Gasteiger partial charge in [0, 0.05) is 18.8 Å². The van der Waals surface area contributed by atoms with Crippen LogP contribution in [0.1, 0.15) is 62.0 Å². The highest BCUT2D eigenvalue weighted by Crippen LogP contribution is 2.27. The molecule has 2 amide bonds. The van der Waals surface area contributed by atoms with Crippen LogP contribution in [0.2, 0.25) is 0 Å². The van der Waals surface area contributed by atoms with Gasteiger partial charge in [0.2, 0.25) is 0 Å². The number of aromatic nitrogens is 4. The predicted molar refractivity (Wildman–Crippen MR) is 101 cm³/mol. The summed E-state index contributed by atoms with van der Waals surface area (Å²) < 4.78 is 37.9. The Morgan fingerprint density at radius 1 is 1.30 bits per heavy atom. The first-order valence-corrected chi connectivity index (χ1v) is 8.91. The summed E-state index contributed by atoms with van der Waals surface area (Å²) in [6.45, 7) is 3.45. The minimum atomic E-state index is -4.49. The summed E-state index contributed by atoms with van der Waals surface area (Å²) in [5.41, 5.74) is 7.12. The van der Waals surface area contributed by atoms with Gasteiger partial charge in [-0.1, -0.05) is 6.07 Å². The van der Waals surface area contributed by atoms with Gasteiger partial charge < -0.3 is 16.0 Å². The third kappa shape index (κ3) is 4.50. The molecule has 0 spiro atoms. The summed E-state index contributed by atoms with van der Waals surface area (Å²) in [6, 6.07) is 3.27. The number of pyridine rings is 1. The van der Waals surface area contributed by atoms with Crippen molar-refractivity contribution in [3.8, 4) is 0 Å². The standard InChI is InChI=1S/C19H19F3N6O2/c1-9-12(5-11-3-4-15(24-7-11)19(20,21)22)8-25-16(9)18(30)26-10(2)13-6-14(17(23)29)28-27-13/h3-4,6-8,10,25H,5H2,1-2H3,(H2,23,29)(H,26,30)(H,27,28). The van der Waals surface area contributed by atoms with Crippen LogP contribution in [0.3, 0.4) is 0 Å². The highest BCUT2D eigenvalue weighted by atomic mass is 19.4. The van der Waals surface area contributed by atoms with Crippen molar-refractivity contribution >= 4 is 11.8 Å². The molecule has 0 bridgehead atoms. The molecule has 1 unspecified atom stereocenters. The molecule has 3 heterocycles. The van der Waals surface area contributed by atoms with Gasteiger partial charge in [-0.25, -0.2) is 0 Å². The summed E-state index contributed by atoms with van der Waals surface area (Å²) in [4.78, 5) is 30.1. The van der Waals surface area contributed by atoms with E-state index in [1.165, 1.54) is 18.3 Å². The third-order valence-electron chi connectivity index (χ3n) is 4.65. The van der Waals surface area contributed by atoms with E-state index in [0.717, 1.165) is 11.6 Å². The Labute approximate surface area is 169 Å². The van der Waals surface area contributed by atoms with Gasteiger partial charge in [0.05, 0.1) is 11.7 Å². The molecule has 3 rings (SSSR count). The van der Waals surface area contributed by atoms with Crippen molar-refractivity contribution in [2.24, 2.45) is 5.73 Å². The molecule has 1 atom stereocenters.